The molecule has 0 aliphatic heterocycles. The number of nitrogens with two attached hydrogens (primary N) is 2. The van der Waals surface area contributed by atoms with Crippen LogP contribution >= 0.6 is 11.6 Å². The maximum absolute atomic E-state index is 13.4. The zero-order valence-corrected chi connectivity index (χ0v) is 12.5. The number of benzene rings is 2. The Kier molecular flexibility index (Phi) is 4.08. The minimum Gasteiger partial charge on any atom is -0.457 e. The Morgan fingerprint density at radius 2 is 1.90 bits per heavy atom. The van der Waals surface area contributed by atoms with Crippen LogP contribution in [0.5, 0.6) is 11.5 Å². The van der Waals surface area contributed by atoms with Gasteiger partial charge in [-0.1, -0.05) is 11.6 Å². The minimum absolute atomic E-state index is 0.0446. The molecule has 0 saturated carbocycles. The first-order valence-electron chi connectivity index (χ1n) is 5.74. The van der Waals surface area contributed by atoms with Gasteiger partial charge in [0, 0.05) is 23.4 Å². The van der Waals surface area contributed by atoms with Crippen LogP contribution in [0, 0.1) is 12.7 Å². The molecule has 0 heterocycles. The van der Waals surface area contributed by atoms with Crippen LogP contribution in [-0.4, -0.2) is 8.42 Å². The molecule has 2 rings (SSSR count). The van der Waals surface area contributed by atoms with E-state index in [2.05, 4.69) is 0 Å². The van der Waals surface area contributed by atoms with Gasteiger partial charge in [-0.05, 0) is 25.1 Å². The van der Waals surface area contributed by atoms with Crippen molar-refractivity contribution >= 4 is 27.3 Å². The number of ether oxygens (including phenoxy) is 1. The molecule has 5 nitrogen and oxygen atoms in total. The number of halogens is 2. The maximum Gasteiger partial charge on any atom is 0.238 e. The molecular weight excluding hydrogens is 319 g/mol. The van der Waals surface area contributed by atoms with Crippen molar-refractivity contribution in [1.82, 2.24) is 0 Å². The predicted octanol–water partition coefficient (Wildman–Crippen LogP) is 2.81. The lowest BCUT2D eigenvalue weighted by molar-refractivity contribution is 0.471. The number of hydrogen-bond acceptors (Lipinski definition) is 4. The molecule has 8 heteroatoms. The van der Waals surface area contributed by atoms with E-state index in [-0.39, 0.29) is 32.7 Å². The Bertz CT molecular complexity index is 809. The molecule has 0 aromatic heterocycles. The van der Waals surface area contributed by atoms with Gasteiger partial charge >= 0.3 is 0 Å². The van der Waals surface area contributed by atoms with E-state index >= 15 is 0 Å². The Labute approximate surface area is 126 Å². The molecule has 2 aromatic rings. The number of rotatable bonds is 3. The summed E-state index contributed by atoms with van der Waals surface area (Å²) in [5.74, 6) is -0.325. The standard InChI is InChI=1S/C13H12ClFN2O3S/c1-7-12(4-8(16)5-13(7)21(17,18)19)20-9-2-3-10(14)11(15)6-9/h2-6H,16H2,1H3,(H2,17,18,19). The maximum atomic E-state index is 13.4. The number of primary sulfonamides is 1. The first-order valence-corrected chi connectivity index (χ1v) is 7.67. The third-order valence-corrected chi connectivity index (χ3v) is 4.10. The molecule has 0 atom stereocenters. The highest BCUT2D eigenvalue weighted by atomic mass is 35.5. The lowest BCUT2D eigenvalue weighted by Crippen LogP contribution is -2.14. The molecule has 4 N–H and O–H groups in total. The van der Waals surface area contributed by atoms with E-state index in [0.717, 1.165) is 6.07 Å². The molecule has 0 aliphatic carbocycles. The summed E-state index contributed by atoms with van der Waals surface area (Å²) in [6.45, 7) is 1.51. The van der Waals surface area contributed by atoms with Crippen molar-refractivity contribution in [2.45, 2.75) is 11.8 Å². The summed E-state index contributed by atoms with van der Waals surface area (Å²) >= 11 is 5.58. The zero-order chi connectivity index (χ0) is 15.8. The van der Waals surface area contributed by atoms with Crippen molar-refractivity contribution in [3.63, 3.8) is 0 Å². The molecule has 0 unspecified atom stereocenters. The van der Waals surface area contributed by atoms with Gasteiger partial charge in [0.2, 0.25) is 10.0 Å². The normalized spacial score (nSPS) is 11.4. The van der Waals surface area contributed by atoms with E-state index in [1.54, 1.807) is 0 Å². The van der Waals surface area contributed by atoms with Gasteiger partial charge in [0.05, 0.1) is 9.92 Å². The summed E-state index contributed by atoms with van der Waals surface area (Å²) in [5, 5.41) is 5.07. The molecular formula is C13H12ClFN2O3S. The molecule has 0 aliphatic rings. The van der Waals surface area contributed by atoms with E-state index in [4.69, 9.17) is 27.2 Å². The van der Waals surface area contributed by atoms with E-state index in [0.29, 0.717) is 0 Å². The van der Waals surface area contributed by atoms with Crippen molar-refractivity contribution < 1.29 is 17.5 Å². The van der Waals surface area contributed by atoms with Gasteiger partial charge in [0.1, 0.15) is 17.3 Å². The van der Waals surface area contributed by atoms with Crippen molar-refractivity contribution in [2.24, 2.45) is 5.14 Å². The third kappa shape index (κ3) is 3.44. The molecule has 0 bridgehead atoms. The summed E-state index contributed by atoms with van der Waals surface area (Å²) < 4.78 is 41.8. The highest BCUT2D eigenvalue weighted by Crippen LogP contribution is 2.32. The van der Waals surface area contributed by atoms with Gasteiger partial charge in [-0.3, -0.25) is 0 Å². The van der Waals surface area contributed by atoms with Crippen LogP contribution in [0.3, 0.4) is 0 Å². The molecule has 2 aromatic carbocycles. The second kappa shape index (κ2) is 5.51. The molecule has 0 fully saturated rings. The summed E-state index contributed by atoms with van der Waals surface area (Å²) in [6, 6.07) is 6.52. The third-order valence-electron chi connectivity index (χ3n) is 2.76. The molecule has 21 heavy (non-hydrogen) atoms. The van der Waals surface area contributed by atoms with Crippen LogP contribution in [0.2, 0.25) is 5.02 Å². The van der Waals surface area contributed by atoms with E-state index in [1.165, 1.54) is 31.2 Å². The topological polar surface area (TPSA) is 95.4 Å². The Morgan fingerprint density at radius 1 is 1.24 bits per heavy atom. The molecule has 0 spiro atoms. The number of sulfonamides is 1. The van der Waals surface area contributed by atoms with Crippen molar-refractivity contribution in [2.75, 3.05) is 5.73 Å². The highest BCUT2D eigenvalue weighted by molar-refractivity contribution is 7.89. The van der Waals surface area contributed by atoms with Crippen LogP contribution in [0.25, 0.3) is 0 Å². The summed E-state index contributed by atoms with van der Waals surface area (Å²) in [6.07, 6.45) is 0. The SMILES string of the molecule is Cc1c(Oc2ccc(Cl)c(F)c2)cc(N)cc1S(N)(=O)=O. The van der Waals surface area contributed by atoms with E-state index in [1.807, 2.05) is 0 Å². The Hall–Kier alpha value is -1.83. The fourth-order valence-electron chi connectivity index (χ4n) is 1.75. The zero-order valence-electron chi connectivity index (χ0n) is 10.9. The largest absolute Gasteiger partial charge is 0.457 e. The number of nitrogen functional groups attached to an aromatic ring is 1. The van der Waals surface area contributed by atoms with Crippen molar-refractivity contribution in [1.29, 1.82) is 0 Å². The van der Waals surface area contributed by atoms with Crippen LogP contribution in [0.15, 0.2) is 35.2 Å². The second-order valence-electron chi connectivity index (χ2n) is 4.37. The average Bonchev–Trinajstić information content (AvgIpc) is 2.36. The minimum atomic E-state index is -3.94. The van der Waals surface area contributed by atoms with Gasteiger partial charge in [-0.2, -0.15) is 0 Å². The average molecular weight is 331 g/mol. The van der Waals surface area contributed by atoms with Gasteiger partial charge in [0.25, 0.3) is 0 Å². The lowest BCUT2D eigenvalue weighted by Gasteiger charge is -2.13. The quantitative estimate of drug-likeness (QED) is 0.846. The lowest BCUT2D eigenvalue weighted by atomic mass is 10.2. The summed E-state index contributed by atoms with van der Waals surface area (Å²) in [4.78, 5) is -0.146. The molecule has 112 valence electrons. The molecule has 0 radical (unpaired) electrons. The fourth-order valence-corrected chi connectivity index (χ4v) is 2.70. The smallest absolute Gasteiger partial charge is 0.238 e. The van der Waals surface area contributed by atoms with E-state index in [9.17, 15) is 12.8 Å². The highest BCUT2D eigenvalue weighted by Gasteiger charge is 2.17. The number of hydrogen-bond donors (Lipinski definition) is 2. The van der Waals surface area contributed by atoms with Crippen LogP contribution in [0.1, 0.15) is 5.56 Å². The van der Waals surface area contributed by atoms with Gasteiger partial charge < -0.3 is 10.5 Å². The monoisotopic (exact) mass is 330 g/mol. The summed E-state index contributed by atoms with van der Waals surface area (Å²) in [5.41, 5.74) is 6.08. The van der Waals surface area contributed by atoms with Crippen molar-refractivity contribution in [3.8, 4) is 11.5 Å². The van der Waals surface area contributed by atoms with Crippen LogP contribution in [-0.2, 0) is 10.0 Å². The summed E-state index contributed by atoms with van der Waals surface area (Å²) in [7, 11) is -3.94. The second-order valence-corrected chi connectivity index (χ2v) is 6.30. The van der Waals surface area contributed by atoms with Crippen LogP contribution in [0.4, 0.5) is 10.1 Å². The van der Waals surface area contributed by atoms with Crippen LogP contribution < -0.4 is 15.6 Å². The number of anilines is 1. The Balaban J connectivity index is 2.49. The fraction of sp³-hybridized carbons (Fsp3) is 0.0769. The van der Waals surface area contributed by atoms with Gasteiger partial charge in [-0.25, -0.2) is 17.9 Å². The Morgan fingerprint density at radius 3 is 2.48 bits per heavy atom. The molecule has 0 saturated heterocycles. The van der Waals surface area contributed by atoms with Gasteiger partial charge in [-0.15, -0.1) is 0 Å². The first-order chi connectivity index (χ1) is 9.68. The first kappa shape index (κ1) is 15.6. The van der Waals surface area contributed by atoms with Gasteiger partial charge in [0.15, 0.2) is 0 Å². The molecule has 0 amide bonds. The van der Waals surface area contributed by atoms with Crippen molar-refractivity contribution in [3.05, 3.63) is 46.7 Å². The van der Waals surface area contributed by atoms with E-state index < -0.39 is 15.8 Å². The predicted molar refractivity (Wildman–Crippen MR) is 78.4 cm³/mol.